The van der Waals surface area contributed by atoms with Crippen LogP contribution in [0.25, 0.3) is 0 Å². The van der Waals surface area contributed by atoms with Crippen LogP contribution in [0.3, 0.4) is 0 Å². The molecule has 1 aromatic rings. The molecule has 1 atom stereocenters. The predicted octanol–water partition coefficient (Wildman–Crippen LogP) is 1.09. The highest BCUT2D eigenvalue weighted by atomic mass is 19.3. The molecule has 1 aromatic carbocycles. The first kappa shape index (κ1) is 13.2. The van der Waals surface area contributed by atoms with Crippen LogP contribution in [0.1, 0.15) is 15.9 Å². The van der Waals surface area contributed by atoms with Crippen molar-refractivity contribution in [3.63, 3.8) is 0 Å². The average Bonchev–Trinajstić information content (AvgIpc) is 2.28. The monoisotopic (exact) mass is 243 g/mol. The van der Waals surface area contributed by atoms with Crippen LogP contribution in [0.5, 0.6) is 0 Å². The van der Waals surface area contributed by atoms with Crippen molar-refractivity contribution in [1.29, 1.82) is 0 Å². The number of ketones is 1. The van der Waals surface area contributed by atoms with Crippen molar-refractivity contribution in [3.05, 3.63) is 35.4 Å². The fraction of sp³-hybridized carbons (Fsp3) is 0.273. The van der Waals surface area contributed by atoms with Crippen molar-refractivity contribution >= 4 is 11.8 Å². The minimum atomic E-state index is -3.04. The van der Waals surface area contributed by atoms with E-state index in [1.54, 1.807) is 0 Å². The Bertz CT molecular complexity index is 417. The molecule has 0 aliphatic heterocycles. The van der Waals surface area contributed by atoms with Crippen LogP contribution < -0.4 is 5.73 Å². The van der Waals surface area contributed by atoms with Crippen LogP contribution in [0.2, 0.25) is 0 Å². The molecule has 1 rings (SSSR count). The molecule has 0 spiro atoms. The normalized spacial score (nSPS) is 12.5. The lowest BCUT2D eigenvalue weighted by atomic mass is 10.0. The average molecular weight is 243 g/mol. The van der Waals surface area contributed by atoms with Gasteiger partial charge in [0, 0.05) is 5.56 Å². The van der Waals surface area contributed by atoms with Gasteiger partial charge in [-0.2, -0.15) is 0 Å². The van der Waals surface area contributed by atoms with Crippen LogP contribution in [-0.2, 0) is 11.2 Å². The van der Waals surface area contributed by atoms with Gasteiger partial charge in [0.05, 0.1) is 0 Å². The van der Waals surface area contributed by atoms with Crippen molar-refractivity contribution in [3.8, 4) is 0 Å². The first-order valence-electron chi connectivity index (χ1n) is 4.81. The van der Waals surface area contributed by atoms with E-state index in [4.69, 9.17) is 10.8 Å². The summed E-state index contributed by atoms with van der Waals surface area (Å²) in [6, 6.07) is 4.25. The standard InChI is InChI=1S/C11H11F2NO3/c12-10(13)9(15)7-3-1-6(2-4-7)5-8(14)11(16)17/h1-4,8,10H,5,14H2,(H,16,17)/t8-/m0/s1. The number of aliphatic carboxylic acids is 1. The van der Waals surface area contributed by atoms with E-state index in [9.17, 15) is 18.4 Å². The number of carboxylic acid groups (broad SMARTS) is 1. The summed E-state index contributed by atoms with van der Waals surface area (Å²) in [5.41, 5.74) is 5.78. The molecule has 3 N–H and O–H groups in total. The number of carbonyl (C=O) groups is 2. The second-order valence-corrected chi connectivity index (χ2v) is 3.51. The van der Waals surface area contributed by atoms with Gasteiger partial charge in [-0.3, -0.25) is 9.59 Å². The van der Waals surface area contributed by atoms with Gasteiger partial charge in [0.2, 0.25) is 5.78 Å². The van der Waals surface area contributed by atoms with Gasteiger partial charge in [-0.05, 0) is 12.0 Å². The molecule has 0 unspecified atom stereocenters. The number of rotatable bonds is 5. The van der Waals surface area contributed by atoms with Crippen molar-refractivity contribution < 1.29 is 23.5 Å². The van der Waals surface area contributed by atoms with Crippen LogP contribution in [0.4, 0.5) is 8.78 Å². The number of alkyl halides is 2. The Hall–Kier alpha value is -1.82. The van der Waals surface area contributed by atoms with Crippen molar-refractivity contribution in [2.75, 3.05) is 0 Å². The second kappa shape index (κ2) is 5.49. The number of carboxylic acids is 1. The Morgan fingerprint density at radius 2 is 1.76 bits per heavy atom. The third kappa shape index (κ3) is 3.60. The first-order valence-corrected chi connectivity index (χ1v) is 4.81. The lowest BCUT2D eigenvalue weighted by molar-refractivity contribution is -0.138. The topological polar surface area (TPSA) is 80.4 Å². The van der Waals surface area contributed by atoms with E-state index in [1.165, 1.54) is 24.3 Å². The minimum Gasteiger partial charge on any atom is -0.480 e. The fourth-order valence-electron chi connectivity index (χ4n) is 1.27. The third-order valence-corrected chi connectivity index (χ3v) is 2.21. The molecule has 0 aliphatic carbocycles. The largest absolute Gasteiger partial charge is 0.480 e. The minimum absolute atomic E-state index is 0.0818. The van der Waals surface area contributed by atoms with Gasteiger partial charge in [0.15, 0.2) is 0 Å². The number of carbonyl (C=O) groups excluding carboxylic acids is 1. The molecule has 6 heteroatoms. The molecule has 4 nitrogen and oxygen atoms in total. The summed E-state index contributed by atoms with van der Waals surface area (Å²) in [5, 5.41) is 8.58. The van der Waals surface area contributed by atoms with E-state index in [0.29, 0.717) is 5.56 Å². The van der Waals surface area contributed by atoms with Crippen molar-refractivity contribution in [1.82, 2.24) is 0 Å². The smallest absolute Gasteiger partial charge is 0.320 e. The zero-order valence-corrected chi connectivity index (χ0v) is 8.77. The molecule has 0 saturated heterocycles. The van der Waals surface area contributed by atoms with Crippen LogP contribution >= 0.6 is 0 Å². The zero-order valence-electron chi connectivity index (χ0n) is 8.77. The highest BCUT2D eigenvalue weighted by Crippen LogP contribution is 2.10. The van der Waals surface area contributed by atoms with E-state index >= 15 is 0 Å². The Morgan fingerprint density at radius 3 is 2.18 bits per heavy atom. The maximum Gasteiger partial charge on any atom is 0.320 e. The molecular formula is C11H11F2NO3. The molecular weight excluding hydrogens is 232 g/mol. The third-order valence-electron chi connectivity index (χ3n) is 2.21. The zero-order chi connectivity index (χ0) is 13.0. The van der Waals surface area contributed by atoms with Crippen LogP contribution in [0, 0.1) is 0 Å². The molecule has 0 aromatic heterocycles. The summed E-state index contributed by atoms with van der Waals surface area (Å²) in [7, 11) is 0. The highest BCUT2D eigenvalue weighted by Gasteiger charge is 2.18. The van der Waals surface area contributed by atoms with E-state index in [1.807, 2.05) is 0 Å². The molecule has 0 radical (unpaired) electrons. The Labute approximate surface area is 96.0 Å². The quantitative estimate of drug-likeness (QED) is 0.758. The van der Waals surface area contributed by atoms with Crippen LogP contribution in [0.15, 0.2) is 24.3 Å². The maximum atomic E-state index is 12.1. The maximum absolute atomic E-state index is 12.1. The lowest BCUT2D eigenvalue weighted by Gasteiger charge is -2.07. The number of hydrogen-bond acceptors (Lipinski definition) is 3. The van der Waals surface area contributed by atoms with E-state index < -0.39 is 24.2 Å². The molecule has 0 aliphatic rings. The van der Waals surface area contributed by atoms with Gasteiger partial charge in [-0.15, -0.1) is 0 Å². The summed E-state index contributed by atoms with van der Waals surface area (Å²) in [4.78, 5) is 21.4. The lowest BCUT2D eigenvalue weighted by Crippen LogP contribution is -2.32. The fourth-order valence-corrected chi connectivity index (χ4v) is 1.27. The number of benzene rings is 1. The molecule has 0 amide bonds. The summed E-state index contributed by atoms with van der Waals surface area (Å²) in [6.45, 7) is 0. The van der Waals surface area contributed by atoms with Gasteiger partial charge >= 0.3 is 12.4 Å². The Balaban J connectivity index is 2.75. The molecule has 0 heterocycles. The molecule has 0 bridgehead atoms. The summed E-state index contributed by atoms with van der Waals surface area (Å²) >= 11 is 0. The van der Waals surface area contributed by atoms with Gasteiger partial charge in [0.1, 0.15) is 6.04 Å². The highest BCUT2D eigenvalue weighted by molar-refractivity contribution is 5.98. The number of Topliss-reactive ketones (excluding diaryl/α,β-unsaturated/α-hetero) is 1. The summed E-state index contributed by atoms with van der Waals surface area (Å²) in [5.74, 6) is -2.39. The van der Waals surface area contributed by atoms with Gasteiger partial charge in [0.25, 0.3) is 0 Å². The van der Waals surface area contributed by atoms with E-state index in [2.05, 4.69) is 0 Å². The van der Waals surface area contributed by atoms with E-state index in [0.717, 1.165) is 0 Å². The van der Waals surface area contributed by atoms with Crippen molar-refractivity contribution in [2.45, 2.75) is 18.9 Å². The second-order valence-electron chi connectivity index (χ2n) is 3.51. The van der Waals surface area contributed by atoms with E-state index in [-0.39, 0.29) is 12.0 Å². The van der Waals surface area contributed by atoms with Gasteiger partial charge in [-0.25, -0.2) is 8.78 Å². The molecule has 0 saturated carbocycles. The van der Waals surface area contributed by atoms with Gasteiger partial charge in [-0.1, -0.05) is 24.3 Å². The molecule has 92 valence electrons. The number of halogens is 2. The summed E-state index contributed by atoms with van der Waals surface area (Å²) in [6.07, 6.45) is -2.96. The van der Waals surface area contributed by atoms with Crippen molar-refractivity contribution in [2.24, 2.45) is 5.73 Å². The number of nitrogens with two attached hydrogens (primary N) is 1. The van der Waals surface area contributed by atoms with Gasteiger partial charge < -0.3 is 10.8 Å². The summed E-state index contributed by atoms with van der Waals surface area (Å²) < 4.78 is 24.2. The van der Waals surface area contributed by atoms with Crippen LogP contribution in [-0.4, -0.2) is 29.3 Å². The molecule has 0 fully saturated rings. The Morgan fingerprint density at radius 1 is 1.24 bits per heavy atom. The number of hydrogen-bond donors (Lipinski definition) is 2. The first-order chi connectivity index (χ1) is 7.91. The SMILES string of the molecule is N[C@@H](Cc1ccc(C(=O)C(F)F)cc1)C(=O)O. The Kier molecular flexibility index (Phi) is 4.28. The molecule has 17 heavy (non-hydrogen) atoms. The predicted molar refractivity (Wildman–Crippen MR) is 56.1 cm³/mol.